The molecular formula is C18H40. The van der Waals surface area contributed by atoms with Gasteiger partial charge >= 0.3 is 0 Å². The lowest BCUT2D eigenvalue weighted by molar-refractivity contribution is 1.40. The zero-order valence-corrected chi connectivity index (χ0v) is 15.3. The minimum Gasteiger partial charge on any atom is -0.0683 e. The molecule has 112 valence electrons. The van der Waals surface area contributed by atoms with Crippen molar-refractivity contribution in [3.63, 3.8) is 0 Å². The van der Waals surface area contributed by atoms with E-state index >= 15 is 0 Å². The molecule has 0 nitrogen and oxygen atoms in total. The molecule has 0 atom stereocenters. The van der Waals surface area contributed by atoms with Crippen molar-refractivity contribution >= 4 is 0 Å². The first-order valence-electron chi connectivity index (χ1n) is 7.82. The number of hydrogen-bond acceptors (Lipinski definition) is 0. The first-order chi connectivity index (χ1) is 8.79. The van der Waals surface area contributed by atoms with E-state index in [0.717, 1.165) is 0 Å². The van der Waals surface area contributed by atoms with Crippen LogP contribution in [0.15, 0.2) is 24.3 Å². The number of benzene rings is 1. The number of rotatable bonds is 0. The quantitative estimate of drug-likeness (QED) is 0.452. The van der Waals surface area contributed by atoms with Crippen LogP contribution in [0.5, 0.6) is 0 Å². The molecule has 0 aliphatic heterocycles. The highest BCUT2D eigenvalue weighted by atomic mass is 13.9. The van der Waals surface area contributed by atoms with Gasteiger partial charge < -0.3 is 0 Å². The van der Waals surface area contributed by atoms with Gasteiger partial charge in [0.1, 0.15) is 0 Å². The fourth-order valence-electron chi connectivity index (χ4n) is 0.637. The van der Waals surface area contributed by atoms with Crippen molar-refractivity contribution in [2.24, 2.45) is 0 Å². The summed E-state index contributed by atoms with van der Waals surface area (Å²) in [6.07, 6.45) is 0. The van der Waals surface area contributed by atoms with Crippen LogP contribution in [0.2, 0.25) is 0 Å². The van der Waals surface area contributed by atoms with Gasteiger partial charge in [-0.3, -0.25) is 0 Å². The Labute approximate surface area is 119 Å². The van der Waals surface area contributed by atoms with Gasteiger partial charge in [-0.05, 0) is 13.8 Å². The summed E-state index contributed by atoms with van der Waals surface area (Å²) in [5, 5.41) is 0. The van der Waals surface area contributed by atoms with Crippen LogP contribution >= 0.6 is 0 Å². The maximum absolute atomic E-state index is 2.12. The van der Waals surface area contributed by atoms with E-state index in [2.05, 4.69) is 38.1 Å². The number of hydrogen-bond donors (Lipinski definition) is 0. The Morgan fingerprint density at radius 2 is 0.500 bits per heavy atom. The summed E-state index contributed by atoms with van der Waals surface area (Å²) < 4.78 is 0. The Kier molecular flexibility index (Phi) is 74.5. The smallest absolute Gasteiger partial charge is 0.0398 e. The largest absolute Gasteiger partial charge is 0.0683 e. The maximum atomic E-state index is 2.12. The second-order valence-corrected chi connectivity index (χ2v) is 2.15. The van der Waals surface area contributed by atoms with E-state index in [9.17, 15) is 0 Å². The van der Waals surface area contributed by atoms with Crippen molar-refractivity contribution < 1.29 is 0 Å². The molecular weight excluding hydrogens is 216 g/mol. The van der Waals surface area contributed by atoms with Gasteiger partial charge in [-0.1, -0.05) is 105 Å². The fraction of sp³-hybridized carbons (Fsp3) is 0.667. The van der Waals surface area contributed by atoms with Gasteiger partial charge in [0, 0.05) is 0 Å². The summed E-state index contributed by atoms with van der Waals surface area (Å²) in [6.45, 7) is 24.2. The number of aryl methyl sites for hydroxylation is 2. The average Bonchev–Trinajstić information content (AvgIpc) is 2.52. The Bertz CT molecular complexity index is 139. The molecule has 0 aliphatic rings. The summed E-state index contributed by atoms with van der Waals surface area (Å²) in [5.41, 5.74) is 2.66. The highest BCUT2D eigenvalue weighted by Crippen LogP contribution is 1.99. The monoisotopic (exact) mass is 256 g/mol. The van der Waals surface area contributed by atoms with Crippen molar-refractivity contribution in [3.8, 4) is 0 Å². The summed E-state index contributed by atoms with van der Waals surface area (Å²) in [6, 6.07) is 8.48. The third-order valence-corrected chi connectivity index (χ3v) is 1.22. The molecule has 18 heavy (non-hydrogen) atoms. The van der Waals surface area contributed by atoms with Crippen LogP contribution in [-0.4, -0.2) is 0 Å². The molecule has 0 radical (unpaired) electrons. The van der Waals surface area contributed by atoms with Crippen LogP contribution in [0.4, 0.5) is 0 Å². The van der Waals surface area contributed by atoms with Gasteiger partial charge in [0.25, 0.3) is 0 Å². The van der Waals surface area contributed by atoms with E-state index in [1.807, 2.05) is 69.2 Å². The molecule has 0 aliphatic carbocycles. The zero-order chi connectivity index (χ0) is 16.0. The van der Waals surface area contributed by atoms with E-state index in [4.69, 9.17) is 0 Å². The molecule has 0 fully saturated rings. The summed E-state index contributed by atoms with van der Waals surface area (Å²) in [7, 11) is 0. The lowest BCUT2D eigenvalue weighted by Crippen LogP contribution is -1.70. The first-order valence-corrected chi connectivity index (χ1v) is 7.82. The maximum Gasteiger partial charge on any atom is -0.0398 e. The van der Waals surface area contributed by atoms with Gasteiger partial charge in [0.2, 0.25) is 0 Å². The highest BCUT2D eigenvalue weighted by molar-refractivity contribution is 5.19. The summed E-state index contributed by atoms with van der Waals surface area (Å²) in [5.74, 6) is 0. The molecule has 0 saturated heterocycles. The van der Waals surface area contributed by atoms with E-state index in [0.29, 0.717) is 0 Å². The highest BCUT2D eigenvalue weighted by Gasteiger charge is 1.79. The standard InChI is InChI=1S/C8H10.5C2H6/c1-7-3-5-8(2)6-4-7;5*1-2/h3-6H,1-2H3;5*1-2H3. The van der Waals surface area contributed by atoms with Crippen molar-refractivity contribution in [2.75, 3.05) is 0 Å². The molecule has 0 bridgehead atoms. The average molecular weight is 257 g/mol. The van der Waals surface area contributed by atoms with Gasteiger partial charge in [-0.15, -0.1) is 0 Å². The predicted molar refractivity (Wildman–Crippen MR) is 92.7 cm³/mol. The molecule has 1 aromatic carbocycles. The Morgan fingerprint density at radius 1 is 0.389 bits per heavy atom. The van der Waals surface area contributed by atoms with Crippen molar-refractivity contribution in [2.45, 2.75) is 83.1 Å². The van der Waals surface area contributed by atoms with Crippen LogP contribution in [0, 0.1) is 13.8 Å². The van der Waals surface area contributed by atoms with Gasteiger partial charge in [0.05, 0.1) is 0 Å². The molecule has 0 amide bonds. The van der Waals surface area contributed by atoms with Gasteiger partial charge in [0.15, 0.2) is 0 Å². The molecule has 1 aromatic rings. The van der Waals surface area contributed by atoms with Crippen LogP contribution in [0.25, 0.3) is 0 Å². The fourth-order valence-corrected chi connectivity index (χ4v) is 0.637. The van der Waals surface area contributed by atoms with Crippen molar-refractivity contribution in [1.82, 2.24) is 0 Å². The van der Waals surface area contributed by atoms with Crippen LogP contribution in [0.1, 0.15) is 80.4 Å². The topological polar surface area (TPSA) is 0 Å². The minimum absolute atomic E-state index is 1.33. The van der Waals surface area contributed by atoms with Crippen LogP contribution < -0.4 is 0 Å². The SMILES string of the molecule is CC.CC.CC.CC.CC.Cc1ccc(C)cc1. The molecule has 0 heterocycles. The molecule has 0 spiro atoms. The van der Waals surface area contributed by atoms with Crippen molar-refractivity contribution in [3.05, 3.63) is 35.4 Å². The molecule has 0 saturated carbocycles. The Balaban J connectivity index is -0.0000000482. The van der Waals surface area contributed by atoms with E-state index in [-0.39, 0.29) is 0 Å². The second kappa shape index (κ2) is 44.2. The second-order valence-electron chi connectivity index (χ2n) is 2.15. The lowest BCUT2D eigenvalue weighted by atomic mass is 10.2. The van der Waals surface area contributed by atoms with Crippen LogP contribution in [0.3, 0.4) is 0 Å². The molecule has 0 unspecified atom stereocenters. The predicted octanol–water partition coefficient (Wildman–Crippen LogP) is 7.43. The Morgan fingerprint density at radius 3 is 0.611 bits per heavy atom. The molecule has 0 N–H and O–H groups in total. The Hall–Kier alpha value is -0.780. The van der Waals surface area contributed by atoms with Gasteiger partial charge in [-0.2, -0.15) is 0 Å². The van der Waals surface area contributed by atoms with E-state index < -0.39 is 0 Å². The van der Waals surface area contributed by atoms with Crippen molar-refractivity contribution in [1.29, 1.82) is 0 Å². The van der Waals surface area contributed by atoms with Crippen LogP contribution in [-0.2, 0) is 0 Å². The third kappa shape index (κ3) is 36.2. The lowest BCUT2D eigenvalue weighted by Gasteiger charge is -1.90. The minimum atomic E-state index is 1.33. The van der Waals surface area contributed by atoms with Gasteiger partial charge in [-0.25, -0.2) is 0 Å². The molecule has 1 rings (SSSR count). The molecule has 0 aromatic heterocycles. The molecule has 0 heteroatoms. The van der Waals surface area contributed by atoms with E-state index in [1.165, 1.54) is 11.1 Å². The summed E-state index contributed by atoms with van der Waals surface area (Å²) in [4.78, 5) is 0. The van der Waals surface area contributed by atoms with E-state index in [1.54, 1.807) is 0 Å². The first kappa shape index (κ1) is 30.3. The third-order valence-electron chi connectivity index (χ3n) is 1.22. The normalized spacial score (nSPS) is 5.78. The summed E-state index contributed by atoms with van der Waals surface area (Å²) >= 11 is 0. The zero-order valence-electron chi connectivity index (χ0n) is 15.3.